The van der Waals surface area contributed by atoms with Gasteiger partial charge in [-0.2, -0.15) is 0 Å². The van der Waals surface area contributed by atoms with Gasteiger partial charge in [0.15, 0.2) is 0 Å². The molecule has 5 aromatic heterocycles. The molecule has 1 atom stereocenters. The molecule has 1 aliphatic heterocycles. The van der Waals surface area contributed by atoms with Crippen LogP contribution in [0.5, 0.6) is 0 Å². The van der Waals surface area contributed by atoms with Crippen LogP contribution >= 0.6 is 22.6 Å². The van der Waals surface area contributed by atoms with Gasteiger partial charge in [-0.15, -0.1) is 0 Å². The summed E-state index contributed by atoms with van der Waals surface area (Å²) in [5.74, 6) is 0. The van der Waals surface area contributed by atoms with E-state index in [1.807, 2.05) is 0 Å². The molecule has 0 N–H and O–H groups in total. The lowest BCUT2D eigenvalue weighted by molar-refractivity contribution is 1.04. The van der Waals surface area contributed by atoms with Crippen LogP contribution in [0.15, 0.2) is 194 Å². The van der Waals surface area contributed by atoms with Crippen LogP contribution in [-0.4, -0.2) is 27.4 Å². The molecular formula is C56H35IN6. The summed E-state index contributed by atoms with van der Waals surface area (Å²) in [6.07, 6.45) is 9.79. The molecule has 0 spiro atoms. The SMILES string of the molecule is IC1/C=C\C=C/Cc2ccc3c4ccccc4n(-c4ccc5c(c4)c4ccccc4c4nc6ccccc6n54)c3c2N1c1ccc2c3ccccc3c3nc4ccccc4n3c2c1. The Morgan fingerprint density at radius 2 is 1.02 bits per heavy atom. The molecule has 7 heteroatoms. The Morgan fingerprint density at radius 3 is 1.75 bits per heavy atom. The van der Waals surface area contributed by atoms with Gasteiger partial charge in [0.25, 0.3) is 0 Å². The second-order valence-corrected chi connectivity index (χ2v) is 17.9. The number of halogens is 1. The maximum Gasteiger partial charge on any atom is 0.146 e. The molecule has 0 bridgehead atoms. The van der Waals surface area contributed by atoms with Crippen LogP contribution in [0.25, 0.3) is 104 Å². The van der Waals surface area contributed by atoms with Crippen molar-refractivity contribution >= 4 is 132 Å². The maximum absolute atomic E-state index is 5.23. The first-order valence-electron chi connectivity index (χ1n) is 21.4. The number of aromatic nitrogens is 5. The van der Waals surface area contributed by atoms with Gasteiger partial charge in [0, 0.05) is 43.7 Å². The van der Waals surface area contributed by atoms with Gasteiger partial charge in [-0.1, -0.05) is 156 Å². The van der Waals surface area contributed by atoms with E-state index in [-0.39, 0.29) is 4.05 Å². The number of pyridine rings is 2. The molecule has 0 aliphatic carbocycles. The van der Waals surface area contributed by atoms with Gasteiger partial charge in [-0.3, -0.25) is 8.80 Å². The Bertz CT molecular complexity index is 4170. The average Bonchev–Trinajstić information content (AvgIpc) is 4.04. The molecule has 296 valence electrons. The molecule has 6 heterocycles. The number of benzene rings is 8. The zero-order valence-electron chi connectivity index (χ0n) is 33.8. The minimum absolute atomic E-state index is 0.0163. The summed E-state index contributed by atoms with van der Waals surface area (Å²) >= 11 is 2.63. The third-order valence-electron chi connectivity index (χ3n) is 13.3. The standard InChI is InChI=1S/C56H35IN6/c57-52-25-3-1-2-14-34-26-29-41-39-17-8-11-22-47(39)60(35-28-31-48-44(32-35)38-16-5-7-19-43(38)55-58-45-20-9-12-23-49(45)62(48)55)54(41)53(34)61(52)36-27-30-40-37-15-4-6-18-42(37)56-59-46-21-10-13-24-50(46)63(56)51(40)33-36/h1-13,15-33,52H,14H2/b2-1-,25-3-. The topological polar surface area (TPSA) is 42.8 Å². The number of rotatable bonds is 2. The van der Waals surface area contributed by atoms with Crippen molar-refractivity contribution in [3.63, 3.8) is 0 Å². The Balaban J connectivity index is 1.10. The Morgan fingerprint density at radius 1 is 0.444 bits per heavy atom. The molecule has 0 radical (unpaired) electrons. The minimum atomic E-state index is -0.0163. The van der Waals surface area contributed by atoms with E-state index in [9.17, 15) is 0 Å². The van der Waals surface area contributed by atoms with Crippen LogP contribution < -0.4 is 4.90 Å². The summed E-state index contributed by atoms with van der Waals surface area (Å²) in [7, 11) is 0. The predicted molar refractivity (Wildman–Crippen MR) is 272 cm³/mol. The van der Waals surface area contributed by atoms with Crippen molar-refractivity contribution in [2.45, 2.75) is 10.5 Å². The highest BCUT2D eigenvalue weighted by atomic mass is 127. The van der Waals surface area contributed by atoms with Gasteiger partial charge in [-0.05, 0) is 83.4 Å². The van der Waals surface area contributed by atoms with E-state index in [1.54, 1.807) is 0 Å². The summed E-state index contributed by atoms with van der Waals surface area (Å²) in [4.78, 5) is 13.0. The van der Waals surface area contributed by atoms with Crippen molar-refractivity contribution in [3.8, 4) is 5.69 Å². The number of fused-ring (bicyclic) bond motifs is 21. The molecule has 6 nitrogen and oxygen atoms in total. The zero-order valence-corrected chi connectivity index (χ0v) is 36.0. The highest BCUT2D eigenvalue weighted by Crippen LogP contribution is 2.46. The summed E-state index contributed by atoms with van der Waals surface area (Å²) in [6, 6.07) is 62.0. The number of hydrogen-bond donors (Lipinski definition) is 0. The number of nitrogens with zero attached hydrogens (tertiary/aromatic N) is 6. The van der Waals surface area contributed by atoms with Gasteiger partial charge in [0.1, 0.15) is 15.3 Å². The van der Waals surface area contributed by atoms with Crippen molar-refractivity contribution in [1.29, 1.82) is 0 Å². The lowest BCUT2D eigenvalue weighted by Crippen LogP contribution is -2.26. The second kappa shape index (κ2) is 13.3. The number of imidazole rings is 2. The maximum atomic E-state index is 5.23. The van der Waals surface area contributed by atoms with E-state index in [1.165, 1.54) is 54.6 Å². The number of hydrogen-bond acceptors (Lipinski definition) is 3. The lowest BCUT2D eigenvalue weighted by atomic mass is 10.0. The predicted octanol–water partition coefficient (Wildman–Crippen LogP) is 14.6. The number of anilines is 2. The molecule has 1 aliphatic rings. The van der Waals surface area contributed by atoms with Crippen molar-refractivity contribution in [3.05, 3.63) is 200 Å². The van der Waals surface area contributed by atoms with Crippen LogP contribution in [0.4, 0.5) is 11.4 Å². The van der Waals surface area contributed by atoms with Gasteiger partial charge in [0.05, 0.1) is 49.8 Å². The van der Waals surface area contributed by atoms with Crippen molar-refractivity contribution in [2.75, 3.05) is 4.90 Å². The van der Waals surface area contributed by atoms with Crippen LogP contribution in [0.2, 0.25) is 0 Å². The molecule has 0 fully saturated rings. The summed E-state index contributed by atoms with van der Waals surface area (Å²) < 4.78 is 7.21. The average molecular weight is 919 g/mol. The molecule has 13 aromatic rings. The molecule has 1 unspecified atom stereocenters. The fourth-order valence-electron chi connectivity index (χ4n) is 10.6. The fourth-order valence-corrected chi connectivity index (χ4v) is 11.4. The van der Waals surface area contributed by atoms with Crippen LogP contribution in [0, 0.1) is 0 Å². The number of allylic oxidation sites excluding steroid dienone is 3. The number of alkyl halides is 1. The highest BCUT2D eigenvalue weighted by molar-refractivity contribution is 14.1. The first kappa shape index (κ1) is 35.1. The molecule has 0 amide bonds. The van der Waals surface area contributed by atoms with Crippen molar-refractivity contribution in [1.82, 2.24) is 23.3 Å². The third kappa shape index (κ3) is 4.94. The van der Waals surface area contributed by atoms with E-state index >= 15 is 0 Å². The van der Waals surface area contributed by atoms with E-state index in [0.717, 1.165) is 73.0 Å². The monoisotopic (exact) mass is 918 g/mol. The third-order valence-corrected chi connectivity index (χ3v) is 14.2. The quantitative estimate of drug-likeness (QED) is 0.0751. The summed E-state index contributed by atoms with van der Waals surface area (Å²) in [5, 5.41) is 9.53. The highest BCUT2D eigenvalue weighted by Gasteiger charge is 2.28. The molecule has 14 rings (SSSR count). The van der Waals surface area contributed by atoms with Crippen LogP contribution in [0.1, 0.15) is 5.56 Å². The molecule has 0 saturated heterocycles. The zero-order chi connectivity index (χ0) is 41.3. The fraction of sp³-hybridized carbons (Fsp3) is 0.0357. The Kier molecular flexibility index (Phi) is 7.39. The first-order valence-corrected chi connectivity index (χ1v) is 22.7. The van der Waals surface area contributed by atoms with Crippen LogP contribution in [0.3, 0.4) is 0 Å². The molecule has 63 heavy (non-hydrogen) atoms. The van der Waals surface area contributed by atoms with Crippen LogP contribution in [-0.2, 0) is 6.42 Å². The lowest BCUT2D eigenvalue weighted by Gasteiger charge is -2.32. The van der Waals surface area contributed by atoms with E-state index in [4.69, 9.17) is 9.97 Å². The molecular weight excluding hydrogens is 884 g/mol. The van der Waals surface area contributed by atoms with Crippen molar-refractivity contribution in [2.24, 2.45) is 0 Å². The largest absolute Gasteiger partial charge is 0.323 e. The van der Waals surface area contributed by atoms with Gasteiger partial charge >= 0.3 is 0 Å². The summed E-state index contributed by atoms with van der Waals surface area (Å²) in [6.45, 7) is 0. The Labute approximate surface area is 374 Å². The summed E-state index contributed by atoms with van der Waals surface area (Å²) in [5.41, 5.74) is 15.5. The van der Waals surface area contributed by atoms with Gasteiger partial charge in [0.2, 0.25) is 0 Å². The Hall–Kier alpha value is -7.49. The minimum Gasteiger partial charge on any atom is -0.323 e. The van der Waals surface area contributed by atoms with E-state index in [0.29, 0.717) is 0 Å². The van der Waals surface area contributed by atoms with Crippen molar-refractivity contribution < 1.29 is 0 Å². The van der Waals surface area contributed by atoms with E-state index < -0.39 is 0 Å². The molecule has 8 aromatic carbocycles. The smallest absolute Gasteiger partial charge is 0.146 e. The van der Waals surface area contributed by atoms with Gasteiger partial charge in [-0.25, -0.2) is 9.97 Å². The van der Waals surface area contributed by atoms with E-state index in [2.05, 4.69) is 235 Å². The normalized spacial score (nSPS) is 15.7. The second-order valence-electron chi connectivity index (χ2n) is 16.6. The first-order chi connectivity index (χ1) is 31.2. The van der Waals surface area contributed by atoms with Gasteiger partial charge < -0.3 is 9.47 Å². The number of para-hydroxylation sites is 5. The molecule has 0 saturated carbocycles.